The molecule has 5 heterocycles. The summed E-state index contributed by atoms with van der Waals surface area (Å²) in [7, 11) is 1.88. The van der Waals surface area contributed by atoms with Crippen molar-refractivity contribution in [2.75, 3.05) is 37.6 Å². The maximum Gasteiger partial charge on any atom is 0.128 e. The third-order valence-electron chi connectivity index (χ3n) is 7.58. The van der Waals surface area contributed by atoms with E-state index in [9.17, 15) is 5.26 Å². The Labute approximate surface area is 211 Å². The SMILES string of the molecule is Cn1cc(-c2cn3ncc(C#N)c3c(-c3ccc(N4CCN(CC5CCCCC5)CC4)nc3)n2)cn1. The molecule has 1 saturated carbocycles. The highest BCUT2D eigenvalue weighted by Crippen LogP contribution is 2.30. The van der Waals surface area contributed by atoms with E-state index in [-0.39, 0.29) is 0 Å². The van der Waals surface area contributed by atoms with Crippen molar-refractivity contribution in [3.63, 3.8) is 0 Å². The molecule has 36 heavy (non-hydrogen) atoms. The average Bonchev–Trinajstić information content (AvgIpc) is 3.55. The second kappa shape index (κ2) is 9.70. The lowest BCUT2D eigenvalue weighted by Gasteiger charge is -2.37. The topological polar surface area (TPSA) is 91.2 Å². The highest BCUT2D eigenvalue weighted by Gasteiger charge is 2.23. The Hall–Kier alpha value is -3.77. The van der Waals surface area contributed by atoms with Crippen molar-refractivity contribution >= 4 is 11.3 Å². The molecule has 9 nitrogen and oxygen atoms in total. The van der Waals surface area contributed by atoms with Gasteiger partial charge in [0.15, 0.2) is 0 Å². The average molecular weight is 482 g/mol. The molecule has 6 rings (SSSR count). The first-order valence-electron chi connectivity index (χ1n) is 12.9. The van der Waals surface area contributed by atoms with Crippen molar-refractivity contribution in [2.24, 2.45) is 13.0 Å². The van der Waals surface area contributed by atoms with Gasteiger partial charge in [0.1, 0.15) is 23.0 Å². The molecule has 0 spiro atoms. The molecule has 2 fully saturated rings. The molecule has 0 aromatic carbocycles. The quantitative estimate of drug-likeness (QED) is 0.429. The summed E-state index contributed by atoms with van der Waals surface area (Å²) in [5.74, 6) is 1.88. The maximum absolute atomic E-state index is 9.65. The van der Waals surface area contributed by atoms with E-state index >= 15 is 0 Å². The van der Waals surface area contributed by atoms with Gasteiger partial charge in [0, 0.05) is 63.3 Å². The van der Waals surface area contributed by atoms with Gasteiger partial charge in [0.2, 0.25) is 0 Å². The Balaban J connectivity index is 1.22. The summed E-state index contributed by atoms with van der Waals surface area (Å²) in [6.45, 7) is 5.44. The molecule has 1 aliphatic heterocycles. The molecule has 0 N–H and O–H groups in total. The molecule has 0 radical (unpaired) electrons. The predicted molar refractivity (Wildman–Crippen MR) is 138 cm³/mol. The van der Waals surface area contributed by atoms with Gasteiger partial charge in [0.05, 0.1) is 30.0 Å². The summed E-state index contributed by atoms with van der Waals surface area (Å²) in [6.07, 6.45) is 16.0. The Morgan fingerprint density at radius 3 is 2.47 bits per heavy atom. The van der Waals surface area contributed by atoms with Crippen LogP contribution < -0.4 is 4.90 Å². The monoisotopic (exact) mass is 481 g/mol. The third-order valence-corrected chi connectivity index (χ3v) is 7.58. The number of fused-ring (bicyclic) bond motifs is 1. The molecule has 2 aliphatic rings. The largest absolute Gasteiger partial charge is 0.354 e. The number of aromatic nitrogens is 6. The fourth-order valence-electron chi connectivity index (χ4n) is 5.60. The summed E-state index contributed by atoms with van der Waals surface area (Å²) in [5.41, 5.74) is 4.38. The van der Waals surface area contributed by atoms with Crippen LogP contribution in [0.3, 0.4) is 0 Å². The number of hydrogen-bond acceptors (Lipinski definition) is 7. The Kier molecular flexibility index (Phi) is 6.11. The van der Waals surface area contributed by atoms with E-state index < -0.39 is 0 Å². The second-order valence-electron chi connectivity index (χ2n) is 10.0. The van der Waals surface area contributed by atoms with E-state index in [1.165, 1.54) is 38.6 Å². The number of rotatable bonds is 5. The van der Waals surface area contributed by atoms with E-state index in [1.807, 2.05) is 25.6 Å². The Morgan fingerprint density at radius 2 is 1.78 bits per heavy atom. The van der Waals surface area contributed by atoms with Gasteiger partial charge in [-0.15, -0.1) is 0 Å². The van der Waals surface area contributed by atoms with E-state index in [4.69, 9.17) is 9.97 Å². The van der Waals surface area contributed by atoms with E-state index in [1.54, 1.807) is 21.6 Å². The zero-order valence-electron chi connectivity index (χ0n) is 20.7. The molecule has 1 aliphatic carbocycles. The molecule has 0 unspecified atom stereocenters. The molecular formula is C27H31N9. The highest BCUT2D eigenvalue weighted by molar-refractivity contribution is 5.83. The first-order valence-corrected chi connectivity index (χ1v) is 12.9. The van der Waals surface area contributed by atoms with Gasteiger partial charge in [-0.2, -0.15) is 15.5 Å². The molecule has 4 aromatic rings. The Bertz CT molecular complexity index is 1380. The number of pyridine rings is 1. The van der Waals surface area contributed by atoms with Crippen LogP contribution in [-0.2, 0) is 7.05 Å². The maximum atomic E-state index is 9.65. The lowest BCUT2D eigenvalue weighted by atomic mass is 9.89. The minimum atomic E-state index is 0.494. The summed E-state index contributed by atoms with van der Waals surface area (Å²) >= 11 is 0. The lowest BCUT2D eigenvalue weighted by molar-refractivity contribution is 0.192. The van der Waals surface area contributed by atoms with Gasteiger partial charge in [0.25, 0.3) is 0 Å². The third kappa shape index (κ3) is 4.44. The predicted octanol–water partition coefficient (Wildman–Crippen LogP) is 3.77. The molecular weight excluding hydrogens is 450 g/mol. The number of nitrogens with zero attached hydrogens (tertiary/aromatic N) is 9. The van der Waals surface area contributed by atoms with E-state index in [0.717, 1.165) is 54.7 Å². The van der Waals surface area contributed by atoms with Gasteiger partial charge >= 0.3 is 0 Å². The van der Waals surface area contributed by atoms with E-state index in [2.05, 4.69) is 38.2 Å². The highest BCUT2D eigenvalue weighted by atomic mass is 15.3. The first-order chi connectivity index (χ1) is 17.7. The fraction of sp³-hybridized carbons (Fsp3) is 0.444. The first kappa shape index (κ1) is 22.7. The molecule has 9 heteroatoms. The lowest BCUT2D eigenvalue weighted by Crippen LogP contribution is -2.48. The number of nitriles is 1. The van der Waals surface area contributed by atoms with Crippen LogP contribution in [0.15, 0.2) is 43.1 Å². The van der Waals surface area contributed by atoms with Gasteiger partial charge < -0.3 is 4.90 Å². The normalized spacial score (nSPS) is 17.5. The molecule has 0 bridgehead atoms. The summed E-state index contributed by atoms with van der Waals surface area (Å²) in [5, 5.41) is 18.3. The summed E-state index contributed by atoms with van der Waals surface area (Å²) in [6, 6.07) is 6.38. The standard InChI is InChI=1S/C27H31N9/c1-33-18-23(16-30-33)24-19-36-27(22(13-28)15-31-36)26(32-24)21-7-8-25(29-14-21)35-11-9-34(10-12-35)17-20-5-3-2-4-6-20/h7-8,14-16,18-20H,2-6,9-12,17H2,1H3. The van der Waals surface area contributed by atoms with Gasteiger partial charge in [-0.05, 0) is 30.9 Å². The van der Waals surface area contributed by atoms with Crippen LogP contribution >= 0.6 is 0 Å². The van der Waals surface area contributed by atoms with Crippen LogP contribution in [0.25, 0.3) is 28.0 Å². The number of hydrogen-bond donors (Lipinski definition) is 0. The Morgan fingerprint density at radius 1 is 0.944 bits per heavy atom. The minimum absolute atomic E-state index is 0.494. The van der Waals surface area contributed by atoms with Crippen molar-refractivity contribution < 1.29 is 0 Å². The zero-order valence-corrected chi connectivity index (χ0v) is 20.7. The number of aryl methyl sites for hydroxylation is 1. The van der Waals surface area contributed by atoms with Crippen LogP contribution in [0.5, 0.6) is 0 Å². The van der Waals surface area contributed by atoms with Crippen LogP contribution in [0.4, 0.5) is 5.82 Å². The molecule has 4 aromatic heterocycles. The van der Waals surface area contributed by atoms with Crippen LogP contribution in [0, 0.1) is 17.2 Å². The van der Waals surface area contributed by atoms with E-state index in [0.29, 0.717) is 16.8 Å². The van der Waals surface area contributed by atoms with Crippen LogP contribution in [0.1, 0.15) is 37.7 Å². The summed E-state index contributed by atoms with van der Waals surface area (Å²) in [4.78, 5) is 14.7. The summed E-state index contributed by atoms with van der Waals surface area (Å²) < 4.78 is 3.47. The number of anilines is 1. The molecule has 184 valence electrons. The molecule has 0 atom stereocenters. The smallest absolute Gasteiger partial charge is 0.128 e. The minimum Gasteiger partial charge on any atom is -0.354 e. The van der Waals surface area contributed by atoms with Crippen LogP contribution in [-0.4, -0.2) is 67.0 Å². The van der Waals surface area contributed by atoms with Crippen molar-refractivity contribution in [1.29, 1.82) is 5.26 Å². The number of piperazine rings is 1. The van der Waals surface area contributed by atoms with Gasteiger partial charge in [-0.1, -0.05) is 19.3 Å². The van der Waals surface area contributed by atoms with Gasteiger partial charge in [-0.25, -0.2) is 14.5 Å². The fourth-order valence-corrected chi connectivity index (χ4v) is 5.60. The molecule has 1 saturated heterocycles. The van der Waals surface area contributed by atoms with Crippen molar-refractivity contribution in [3.8, 4) is 28.6 Å². The van der Waals surface area contributed by atoms with Crippen molar-refractivity contribution in [2.45, 2.75) is 32.1 Å². The zero-order chi connectivity index (χ0) is 24.5. The van der Waals surface area contributed by atoms with Crippen molar-refractivity contribution in [3.05, 3.63) is 48.7 Å². The van der Waals surface area contributed by atoms with Crippen molar-refractivity contribution in [1.82, 2.24) is 34.3 Å². The van der Waals surface area contributed by atoms with Crippen LogP contribution in [0.2, 0.25) is 0 Å². The van der Waals surface area contributed by atoms with Gasteiger partial charge in [-0.3, -0.25) is 9.58 Å². The second-order valence-corrected chi connectivity index (χ2v) is 10.0. The molecule has 0 amide bonds.